The average Bonchev–Trinajstić information content (AvgIpc) is 2.13. The highest BCUT2D eigenvalue weighted by Gasteiger charge is 2.27. The molecule has 0 aromatic heterocycles. The summed E-state index contributed by atoms with van der Waals surface area (Å²) in [7, 11) is 0. The summed E-state index contributed by atoms with van der Waals surface area (Å²) in [6, 6.07) is -0.997. The third kappa shape index (κ3) is 1.08. The molecule has 1 saturated heterocycles. The Morgan fingerprint density at radius 1 is 1.60 bits per heavy atom. The number of nitrogens with one attached hydrogen (secondary N) is 2. The first-order valence-corrected chi connectivity index (χ1v) is 2.79. The Labute approximate surface area is 58.0 Å². The summed E-state index contributed by atoms with van der Waals surface area (Å²) >= 11 is 0. The van der Waals surface area contributed by atoms with Crippen LogP contribution in [0, 0.1) is 12.3 Å². The van der Waals surface area contributed by atoms with E-state index in [0.29, 0.717) is 0 Å². The van der Waals surface area contributed by atoms with Gasteiger partial charge in [0.2, 0.25) is 0 Å². The lowest BCUT2D eigenvalue weighted by Gasteiger charge is -1.98. The Balaban J connectivity index is 2.56. The molecular formula is C6H6N2O2. The maximum absolute atomic E-state index is 10.7. The van der Waals surface area contributed by atoms with Crippen molar-refractivity contribution >= 4 is 11.9 Å². The molecule has 3 amide bonds. The van der Waals surface area contributed by atoms with Gasteiger partial charge in [-0.05, 0) is 0 Å². The number of hydrogen-bond donors (Lipinski definition) is 2. The van der Waals surface area contributed by atoms with Crippen molar-refractivity contribution in [3.63, 3.8) is 0 Å². The van der Waals surface area contributed by atoms with E-state index in [0.717, 1.165) is 0 Å². The zero-order valence-electron chi connectivity index (χ0n) is 5.18. The van der Waals surface area contributed by atoms with Crippen molar-refractivity contribution in [3.05, 3.63) is 0 Å². The largest absolute Gasteiger partial charge is 0.325 e. The van der Waals surface area contributed by atoms with Crippen LogP contribution in [0.5, 0.6) is 0 Å². The number of hydrogen-bond acceptors (Lipinski definition) is 2. The Bertz CT molecular complexity index is 216. The molecule has 0 aliphatic carbocycles. The molecule has 1 aliphatic rings. The van der Waals surface area contributed by atoms with E-state index in [1.165, 1.54) is 0 Å². The van der Waals surface area contributed by atoms with Gasteiger partial charge in [-0.1, -0.05) is 0 Å². The van der Waals surface area contributed by atoms with Crippen molar-refractivity contribution in [2.45, 2.75) is 12.5 Å². The zero-order chi connectivity index (χ0) is 7.56. The molecule has 1 heterocycles. The lowest BCUT2D eigenvalue weighted by molar-refractivity contribution is -0.120. The molecule has 1 fully saturated rings. The number of amides is 3. The smallest absolute Gasteiger partial charge is 0.322 e. The van der Waals surface area contributed by atoms with Crippen LogP contribution in [-0.2, 0) is 4.79 Å². The molecule has 1 aliphatic heterocycles. The molecular weight excluding hydrogens is 132 g/mol. The maximum Gasteiger partial charge on any atom is 0.322 e. The average molecular weight is 138 g/mol. The van der Waals surface area contributed by atoms with Crippen LogP contribution in [0.4, 0.5) is 4.79 Å². The molecule has 52 valence electrons. The van der Waals surface area contributed by atoms with Gasteiger partial charge < -0.3 is 5.32 Å². The summed E-state index contributed by atoms with van der Waals surface area (Å²) in [5, 5.41) is 4.43. The molecule has 0 bridgehead atoms. The van der Waals surface area contributed by atoms with E-state index in [9.17, 15) is 9.59 Å². The van der Waals surface area contributed by atoms with Crippen LogP contribution in [0.3, 0.4) is 0 Å². The molecule has 1 atom stereocenters. The molecule has 4 heteroatoms. The molecule has 1 unspecified atom stereocenters. The minimum atomic E-state index is -0.530. The van der Waals surface area contributed by atoms with Crippen molar-refractivity contribution in [1.82, 2.24) is 10.6 Å². The van der Waals surface area contributed by atoms with Crippen LogP contribution < -0.4 is 10.6 Å². The van der Waals surface area contributed by atoms with Crippen LogP contribution in [0.15, 0.2) is 0 Å². The molecule has 0 spiro atoms. The van der Waals surface area contributed by atoms with E-state index in [-0.39, 0.29) is 12.3 Å². The Hall–Kier alpha value is -1.50. The van der Waals surface area contributed by atoms with Crippen molar-refractivity contribution in [3.8, 4) is 12.3 Å². The SMILES string of the molecule is C#CCC1NC(=O)NC1=O. The summed E-state index contributed by atoms with van der Waals surface area (Å²) in [5.74, 6) is 1.94. The number of imide groups is 1. The summed E-state index contributed by atoms with van der Waals surface area (Å²) in [4.78, 5) is 21.1. The van der Waals surface area contributed by atoms with Gasteiger partial charge in [-0.2, -0.15) is 0 Å². The second kappa shape index (κ2) is 2.40. The van der Waals surface area contributed by atoms with Gasteiger partial charge in [0, 0.05) is 6.42 Å². The highest BCUT2D eigenvalue weighted by Crippen LogP contribution is 1.95. The minimum Gasteiger partial charge on any atom is -0.325 e. The number of carbonyl (C=O) groups is 2. The van der Waals surface area contributed by atoms with E-state index in [1.807, 2.05) is 0 Å². The zero-order valence-corrected chi connectivity index (χ0v) is 5.18. The highest BCUT2D eigenvalue weighted by atomic mass is 16.2. The Morgan fingerprint density at radius 2 is 2.30 bits per heavy atom. The molecule has 0 aromatic rings. The van der Waals surface area contributed by atoms with Gasteiger partial charge >= 0.3 is 6.03 Å². The maximum atomic E-state index is 10.7. The molecule has 2 N–H and O–H groups in total. The van der Waals surface area contributed by atoms with Crippen molar-refractivity contribution in [2.75, 3.05) is 0 Å². The van der Waals surface area contributed by atoms with Gasteiger partial charge in [0.25, 0.3) is 5.91 Å². The summed E-state index contributed by atoms with van der Waals surface area (Å²) in [6.45, 7) is 0. The molecule has 0 radical (unpaired) electrons. The van der Waals surface area contributed by atoms with E-state index < -0.39 is 12.1 Å². The third-order valence-electron chi connectivity index (χ3n) is 1.18. The van der Waals surface area contributed by atoms with Crippen LogP contribution in [0.25, 0.3) is 0 Å². The van der Waals surface area contributed by atoms with E-state index >= 15 is 0 Å². The van der Waals surface area contributed by atoms with Gasteiger partial charge in [-0.3, -0.25) is 10.1 Å². The lowest BCUT2D eigenvalue weighted by Crippen LogP contribution is -2.27. The van der Waals surface area contributed by atoms with Crippen LogP contribution in [0.2, 0.25) is 0 Å². The fourth-order valence-electron chi connectivity index (χ4n) is 0.720. The number of terminal acetylenes is 1. The monoisotopic (exact) mass is 138 g/mol. The predicted molar refractivity (Wildman–Crippen MR) is 33.9 cm³/mol. The van der Waals surface area contributed by atoms with Crippen LogP contribution in [-0.4, -0.2) is 18.0 Å². The van der Waals surface area contributed by atoms with Crippen molar-refractivity contribution in [2.24, 2.45) is 0 Å². The molecule has 0 saturated carbocycles. The second-order valence-corrected chi connectivity index (χ2v) is 1.92. The predicted octanol–water partition coefficient (Wildman–Crippen LogP) is -0.782. The third-order valence-corrected chi connectivity index (χ3v) is 1.18. The van der Waals surface area contributed by atoms with Gasteiger partial charge in [-0.25, -0.2) is 4.79 Å². The molecule has 4 nitrogen and oxygen atoms in total. The Kier molecular flexibility index (Phi) is 1.59. The normalized spacial score (nSPS) is 23.3. The van der Waals surface area contributed by atoms with Crippen molar-refractivity contribution < 1.29 is 9.59 Å². The first-order valence-electron chi connectivity index (χ1n) is 2.79. The van der Waals surface area contributed by atoms with E-state index in [2.05, 4.69) is 16.6 Å². The summed E-state index contributed by atoms with van der Waals surface area (Å²) in [6.07, 6.45) is 5.18. The quantitative estimate of drug-likeness (QED) is 0.369. The molecule has 0 aromatic carbocycles. The number of carbonyl (C=O) groups excluding carboxylic acids is 2. The first kappa shape index (κ1) is 6.62. The highest BCUT2D eigenvalue weighted by molar-refractivity contribution is 6.04. The lowest BCUT2D eigenvalue weighted by atomic mass is 10.2. The fourth-order valence-corrected chi connectivity index (χ4v) is 0.720. The summed E-state index contributed by atoms with van der Waals surface area (Å²) < 4.78 is 0. The Morgan fingerprint density at radius 3 is 2.70 bits per heavy atom. The standard InChI is InChI=1S/C6H6N2O2/c1-2-3-4-5(9)8-6(10)7-4/h1,4H,3H2,(H2,7,8,9,10). The first-order chi connectivity index (χ1) is 4.74. The van der Waals surface area contributed by atoms with Gasteiger partial charge in [0.1, 0.15) is 6.04 Å². The van der Waals surface area contributed by atoms with Gasteiger partial charge in [-0.15, -0.1) is 12.3 Å². The molecule has 10 heavy (non-hydrogen) atoms. The van der Waals surface area contributed by atoms with E-state index in [4.69, 9.17) is 6.42 Å². The van der Waals surface area contributed by atoms with Gasteiger partial charge in [0.05, 0.1) is 0 Å². The number of rotatable bonds is 1. The van der Waals surface area contributed by atoms with Crippen molar-refractivity contribution in [1.29, 1.82) is 0 Å². The van der Waals surface area contributed by atoms with E-state index in [1.54, 1.807) is 0 Å². The molecule has 1 rings (SSSR count). The minimum absolute atomic E-state index is 0.248. The van der Waals surface area contributed by atoms with Crippen LogP contribution in [0.1, 0.15) is 6.42 Å². The summed E-state index contributed by atoms with van der Waals surface area (Å²) in [5.41, 5.74) is 0. The van der Waals surface area contributed by atoms with Crippen LogP contribution >= 0.6 is 0 Å². The van der Waals surface area contributed by atoms with Gasteiger partial charge in [0.15, 0.2) is 0 Å². The second-order valence-electron chi connectivity index (χ2n) is 1.92. The topological polar surface area (TPSA) is 58.2 Å². The number of urea groups is 1. The fraction of sp³-hybridized carbons (Fsp3) is 0.333.